The molecule has 2 N–H and O–H groups in total. The number of aliphatic hydroxyl groups excluding tert-OH is 1. The predicted molar refractivity (Wildman–Crippen MR) is 80.7 cm³/mol. The fourth-order valence-electron chi connectivity index (χ4n) is 1.49. The number of carbonyl (C=O) groups excluding carboxylic acids is 1. The number of benzene rings is 1. The average molecular weight is 302 g/mol. The summed E-state index contributed by atoms with van der Waals surface area (Å²) in [5, 5.41) is 12.9. The Bertz CT molecular complexity index is 401. The van der Waals surface area contributed by atoms with Gasteiger partial charge >= 0.3 is 0 Å². The average Bonchev–Trinajstić information content (AvgIpc) is 2.40. The van der Waals surface area contributed by atoms with Crippen molar-refractivity contribution in [1.82, 2.24) is 5.32 Å². The third-order valence-corrected chi connectivity index (χ3v) is 4.21. The predicted octanol–water partition coefficient (Wildman–Crippen LogP) is 3.10. The van der Waals surface area contributed by atoms with Crippen LogP contribution in [0.5, 0.6) is 0 Å². The Morgan fingerprint density at radius 3 is 2.89 bits per heavy atom. The van der Waals surface area contributed by atoms with Gasteiger partial charge in [-0.3, -0.25) is 4.79 Å². The summed E-state index contributed by atoms with van der Waals surface area (Å²) < 4.78 is 0. The monoisotopic (exact) mass is 301 g/mol. The number of hydrogen-bond acceptors (Lipinski definition) is 3. The molecule has 0 saturated carbocycles. The smallest absolute Gasteiger partial charge is 0.220 e. The zero-order chi connectivity index (χ0) is 14.1. The first-order valence-electron chi connectivity index (χ1n) is 6.45. The molecule has 1 unspecified atom stereocenters. The minimum absolute atomic E-state index is 0.0165. The number of rotatable bonds is 8. The molecule has 0 aliphatic heterocycles. The Balaban J connectivity index is 2.15. The molecule has 1 atom stereocenters. The Morgan fingerprint density at radius 2 is 2.21 bits per heavy atom. The van der Waals surface area contributed by atoms with E-state index in [2.05, 4.69) is 5.32 Å². The standard InChI is InChI=1S/C14H20ClNO2S/c1-2-11(17)7-9-16-14(18)8-10-19-13-6-4-3-5-12(13)15/h3-6,11,17H,2,7-10H2,1H3,(H,16,18). The summed E-state index contributed by atoms with van der Waals surface area (Å²) >= 11 is 7.60. The van der Waals surface area contributed by atoms with Crippen molar-refractivity contribution >= 4 is 29.3 Å². The van der Waals surface area contributed by atoms with E-state index in [1.54, 1.807) is 11.8 Å². The van der Waals surface area contributed by atoms with Gasteiger partial charge in [-0.15, -0.1) is 11.8 Å². The maximum absolute atomic E-state index is 11.5. The highest BCUT2D eigenvalue weighted by molar-refractivity contribution is 7.99. The SMILES string of the molecule is CCC(O)CCNC(=O)CCSc1ccccc1Cl. The zero-order valence-corrected chi connectivity index (χ0v) is 12.6. The van der Waals surface area contributed by atoms with Crippen molar-refractivity contribution < 1.29 is 9.90 Å². The van der Waals surface area contributed by atoms with Crippen molar-refractivity contribution in [1.29, 1.82) is 0 Å². The topological polar surface area (TPSA) is 49.3 Å². The van der Waals surface area contributed by atoms with Crippen molar-refractivity contribution in [3.63, 3.8) is 0 Å². The highest BCUT2D eigenvalue weighted by Crippen LogP contribution is 2.26. The van der Waals surface area contributed by atoms with E-state index in [9.17, 15) is 9.90 Å². The van der Waals surface area contributed by atoms with Crippen LogP contribution in [0.25, 0.3) is 0 Å². The molecular weight excluding hydrogens is 282 g/mol. The Hall–Kier alpha value is -0.710. The van der Waals surface area contributed by atoms with Gasteiger partial charge in [-0.05, 0) is 25.0 Å². The van der Waals surface area contributed by atoms with E-state index in [0.29, 0.717) is 25.1 Å². The van der Waals surface area contributed by atoms with Gasteiger partial charge in [0.15, 0.2) is 0 Å². The molecular formula is C14H20ClNO2S. The third kappa shape index (κ3) is 6.85. The summed E-state index contributed by atoms with van der Waals surface area (Å²) in [5.41, 5.74) is 0. The van der Waals surface area contributed by atoms with Gasteiger partial charge in [0.05, 0.1) is 11.1 Å². The third-order valence-electron chi connectivity index (χ3n) is 2.69. The van der Waals surface area contributed by atoms with E-state index in [-0.39, 0.29) is 12.0 Å². The lowest BCUT2D eigenvalue weighted by molar-refractivity contribution is -0.120. The molecule has 0 saturated heterocycles. The molecule has 5 heteroatoms. The van der Waals surface area contributed by atoms with E-state index < -0.39 is 0 Å². The number of thioether (sulfide) groups is 1. The number of nitrogens with one attached hydrogen (secondary N) is 1. The Labute approximate surface area is 123 Å². The maximum Gasteiger partial charge on any atom is 0.220 e. The van der Waals surface area contributed by atoms with E-state index in [1.165, 1.54) is 0 Å². The molecule has 1 aromatic rings. The number of aliphatic hydroxyl groups is 1. The van der Waals surface area contributed by atoms with Gasteiger partial charge in [0.25, 0.3) is 0 Å². The molecule has 0 spiro atoms. The van der Waals surface area contributed by atoms with E-state index >= 15 is 0 Å². The summed E-state index contributed by atoms with van der Waals surface area (Å²) in [5.74, 6) is 0.717. The molecule has 0 aliphatic carbocycles. The normalized spacial score (nSPS) is 12.2. The lowest BCUT2D eigenvalue weighted by Gasteiger charge is -2.09. The summed E-state index contributed by atoms with van der Waals surface area (Å²) in [6.07, 6.45) is 1.47. The summed E-state index contributed by atoms with van der Waals surface area (Å²) in [7, 11) is 0. The number of carbonyl (C=O) groups is 1. The van der Waals surface area contributed by atoms with E-state index in [0.717, 1.165) is 16.3 Å². The van der Waals surface area contributed by atoms with Gasteiger partial charge in [0.2, 0.25) is 5.91 Å². The van der Waals surface area contributed by atoms with Crippen molar-refractivity contribution in [3.8, 4) is 0 Å². The van der Waals surface area contributed by atoms with Gasteiger partial charge in [-0.2, -0.15) is 0 Å². The van der Waals surface area contributed by atoms with Crippen LogP contribution in [0.4, 0.5) is 0 Å². The Morgan fingerprint density at radius 1 is 1.47 bits per heavy atom. The first kappa shape index (κ1) is 16.3. The molecule has 0 bridgehead atoms. The second-order valence-corrected chi connectivity index (χ2v) is 5.77. The van der Waals surface area contributed by atoms with Crippen LogP contribution in [0, 0.1) is 0 Å². The molecule has 0 radical (unpaired) electrons. The first-order valence-corrected chi connectivity index (χ1v) is 7.82. The van der Waals surface area contributed by atoms with Gasteiger partial charge in [0.1, 0.15) is 0 Å². The molecule has 19 heavy (non-hydrogen) atoms. The van der Waals surface area contributed by atoms with Gasteiger partial charge in [0, 0.05) is 23.6 Å². The van der Waals surface area contributed by atoms with Gasteiger partial charge < -0.3 is 10.4 Å². The minimum Gasteiger partial charge on any atom is -0.393 e. The van der Waals surface area contributed by atoms with Crippen molar-refractivity contribution in [2.75, 3.05) is 12.3 Å². The minimum atomic E-state index is -0.321. The fraction of sp³-hybridized carbons (Fsp3) is 0.500. The lowest BCUT2D eigenvalue weighted by atomic mass is 10.2. The van der Waals surface area contributed by atoms with Crippen LogP contribution in [0.1, 0.15) is 26.2 Å². The molecule has 1 rings (SSSR count). The molecule has 0 heterocycles. The first-order chi connectivity index (χ1) is 9.13. The van der Waals surface area contributed by atoms with E-state index in [4.69, 9.17) is 11.6 Å². The van der Waals surface area contributed by atoms with Crippen LogP contribution in [-0.2, 0) is 4.79 Å². The highest BCUT2D eigenvalue weighted by atomic mass is 35.5. The van der Waals surface area contributed by atoms with Crippen molar-refractivity contribution in [3.05, 3.63) is 29.3 Å². The summed E-state index contributed by atoms with van der Waals surface area (Å²) in [4.78, 5) is 12.5. The second kappa shape index (κ2) is 9.23. The van der Waals surface area contributed by atoms with Crippen LogP contribution in [0.2, 0.25) is 5.02 Å². The van der Waals surface area contributed by atoms with Crippen molar-refractivity contribution in [2.24, 2.45) is 0 Å². The highest BCUT2D eigenvalue weighted by Gasteiger charge is 2.05. The van der Waals surface area contributed by atoms with E-state index in [1.807, 2.05) is 31.2 Å². The van der Waals surface area contributed by atoms with Crippen LogP contribution >= 0.6 is 23.4 Å². The number of halogens is 1. The van der Waals surface area contributed by atoms with Gasteiger partial charge in [-0.1, -0.05) is 30.7 Å². The molecule has 1 aromatic carbocycles. The molecule has 0 aliphatic rings. The van der Waals surface area contributed by atoms with Crippen LogP contribution in [-0.4, -0.2) is 29.4 Å². The van der Waals surface area contributed by atoms with Crippen LogP contribution in [0.15, 0.2) is 29.2 Å². The van der Waals surface area contributed by atoms with Crippen LogP contribution < -0.4 is 5.32 Å². The molecule has 1 amide bonds. The quantitative estimate of drug-likeness (QED) is 0.725. The second-order valence-electron chi connectivity index (χ2n) is 4.23. The molecule has 106 valence electrons. The maximum atomic E-state index is 11.5. The summed E-state index contributed by atoms with van der Waals surface area (Å²) in [6, 6.07) is 7.61. The largest absolute Gasteiger partial charge is 0.393 e. The fourth-order valence-corrected chi connectivity index (χ4v) is 2.67. The lowest BCUT2D eigenvalue weighted by Crippen LogP contribution is -2.27. The van der Waals surface area contributed by atoms with Crippen molar-refractivity contribution in [2.45, 2.75) is 37.2 Å². The molecule has 3 nitrogen and oxygen atoms in total. The Kier molecular flexibility index (Phi) is 7.94. The number of hydrogen-bond donors (Lipinski definition) is 2. The zero-order valence-electron chi connectivity index (χ0n) is 11.1. The van der Waals surface area contributed by atoms with Gasteiger partial charge in [-0.25, -0.2) is 0 Å². The number of amides is 1. The summed E-state index contributed by atoms with van der Waals surface area (Å²) in [6.45, 7) is 2.46. The molecule has 0 fully saturated rings. The van der Waals surface area contributed by atoms with Crippen LogP contribution in [0.3, 0.4) is 0 Å². The molecule has 0 aromatic heterocycles.